The van der Waals surface area contributed by atoms with Gasteiger partial charge in [-0.2, -0.15) is 0 Å². The Hall–Kier alpha value is -1.80. The first-order valence-electron chi connectivity index (χ1n) is 8.62. The number of aliphatic hydroxyl groups excluding tert-OH is 3. The zero-order chi connectivity index (χ0) is 18.4. The van der Waals surface area contributed by atoms with Crippen molar-refractivity contribution in [1.82, 2.24) is 0 Å². The number of hydrogen-bond acceptors (Lipinski definition) is 6. The van der Waals surface area contributed by atoms with Crippen molar-refractivity contribution in [3.8, 4) is 0 Å². The molecule has 0 aromatic heterocycles. The molecule has 0 saturated carbocycles. The van der Waals surface area contributed by atoms with E-state index >= 15 is 0 Å². The molecule has 0 spiro atoms. The maximum absolute atomic E-state index is 10.5. The van der Waals surface area contributed by atoms with Crippen molar-refractivity contribution in [2.24, 2.45) is 0 Å². The summed E-state index contributed by atoms with van der Waals surface area (Å²) in [4.78, 5) is 0. The Morgan fingerprint density at radius 3 is 1.77 bits per heavy atom. The van der Waals surface area contributed by atoms with Crippen molar-refractivity contribution in [2.75, 3.05) is 6.61 Å². The summed E-state index contributed by atoms with van der Waals surface area (Å²) in [6.45, 7) is 0.0705. The van der Waals surface area contributed by atoms with E-state index in [1.54, 1.807) is 0 Å². The molecule has 26 heavy (non-hydrogen) atoms. The van der Waals surface area contributed by atoms with E-state index in [0.717, 1.165) is 11.1 Å². The van der Waals surface area contributed by atoms with Gasteiger partial charge in [0.25, 0.3) is 0 Å². The van der Waals surface area contributed by atoms with Gasteiger partial charge >= 0.3 is 0 Å². The normalized spacial score (nSPS) is 28.8. The molecule has 0 aliphatic carbocycles. The maximum atomic E-state index is 10.5. The summed E-state index contributed by atoms with van der Waals surface area (Å²) in [7, 11) is 0. The molecule has 1 aliphatic heterocycles. The van der Waals surface area contributed by atoms with Gasteiger partial charge in [-0.1, -0.05) is 60.7 Å². The molecule has 5 atom stereocenters. The minimum atomic E-state index is -1.31. The number of rotatable bonds is 7. The van der Waals surface area contributed by atoms with E-state index < -0.39 is 37.3 Å². The lowest BCUT2D eigenvalue weighted by Gasteiger charge is -2.42. The molecule has 3 N–H and O–H groups in total. The fraction of sp³-hybridized carbons (Fsp3) is 0.400. The summed E-state index contributed by atoms with van der Waals surface area (Å²) in [5, 5.41) is 30.2. The van der Waals surface area contributed by atoms with Gasteiger partial charge in [0.2, 0.25) is 0 Å². The molecule has 140 valence electrons. The van der Waals surface area contributed by atoms with E-state index in [0.29, 0.717) is 0 Å². The Morgan fingerprint density at radius 2 is 1.27 bits per heavy atom. The van der Waals surface area contributed by atoms with Gasteiger partial charge in [0, 0.05) is 0 Å². The fourth-order valence-electron chi connectivity index (χ4n) is 2.96. The van der Waals surface area contributed by atoms with Gasteiger partial charge < -0.3 is 29.5 Å². The van der Waals surface area contributed by atoms with Crippen LogP contribution in [0.4, 0.5) is 0 Å². The second-order valence-electron chi connectivity index (χ2n) is 6.26. The largest absolute Gasteiger partial charge is 0.394 e. The zero-order valence-corrected chi connectivity index (χ0v) is 14.3. The van der Waals surface area contributed by atoms with E-state index in [-0.39, 0.29) is 13.2 Å². The first-order valence-corrected chi connectivity index (χ1v) is 8.62. The zero-order valence-electron chi connectivity index (χ0n) is 14.3. The molecule has 1 heterocycles. The van der Waals surface area contributed by atoms with Crippen molar-refractivity contribution in [1.29, 1.82) is 0 Å². The molecule has 6 heteroatoms. The van der Waals surface area contributed by atoms with Gasteiger partial charge in [0.1, 0.15) is 24.4 Å². The van der Waals surface area contributed by atoms with Crippen molar-refractivity contribution in [3.63, 3.8) is 0 Å². The molecule has 2 aromatic rings. The highest BCUT2D eigenvalue weighted by atomic mass is 16.7. The van der Waals surface area contributed by atoms with E-state index in [9.17, 15) is 15.3 Å². The van der Waals surface area contributed by atoms with Crippen molar-refractivity contribution < 1.29 is 29.5 Å². The van der Waals surface area contributed by atoms with Crippen LogP contribution in [0.5, 0.6) is 0 Å². The minimum Gasteiger partial charge on any atom is -0.394 e. The average Bonchev–Trinajstić information content (AvgIpc) is 2.69. The van der Waals surface area contributed by atoms with E-state index in [2.05, 4.69) is 0 Å². The standard InChI is InChI=1S/C20H24O6/c21-11-16-17(22)18(24-12-14-7-3-1-4-8-14)19(20(23)26-16)25-13-15-9-5-2-6-10-15/h1-10,16-23H,11-13H2/t16-,17+,18-,19+,20-/m1/s1. The first-order chi connectivity index (χ1) is 12.7. The van der Waals surface area contributed by atoms with Crippen LogP contribution in [-0.4, -0.2) is 52.6 Å². The third-order valence-electron chi connectivity index (χ3n) is 4.39. The molecule has 6 nitrogen and oxygen atoms in total. The lowest BCUT2D eigenvalue weighted by Crippen LogP contribution is -2.60. The van der Waals surface area contributed by atoms with E-state index in [1.807, 2.05) is 60.7 Å². The summed E-state index contributed by atoms with van der Waals surface area (Å²) in [6.07, 6.45) is -5.06. The third-order valence-corrected chi connectivity index (χ3v) is 4.39. The predicted molar refractivity (Wildman–Crippen MR) is 94.0 cm³/mol. The third kappa shape index (κ3) is 4.67. The summed E-state index contributed by atoms with van der Waals surface area (Å²) >= 11 is 0. The van der Waals surface area contributed by atoms with Crippen LogP contribution in [0.3, 0.4) is 0 Å². The Kier molecular flexibility index (Phi) is 6.73. The quantitative estimate of drug-likeness (QED) is 0.688. The van der Waals surface area contributed by atoms with Crippen LogP contribution in [0.15, 0.2) is 60.7 Å². The van der Waals surface area contributed by atoms with Crippen LogP contribution in [0.1, 0.15) is 11.1 Å². The van der Waals surface area contributed by atoms with Gasteiger partial charge in [-0.05, 0) is 11.1 Å². The topological polar surface area (TPSA) is 88.4 Å². The second-order valence-corrected chi connectivity index (χ2v) is 6.26. The number of benzene rings is 2. The molecule has 1 fully saturated rings. The van der Waals surface area contributed by atoms with Crippen LogP contribution in [0.25, 0.3) is 0 Å². The van der Waals surface area contributed by atoms with Gasteiger partial charge in [-0.25, -0.2) is 0 Å². The predicted octanol–water partition coefficient (Wildman–Crippen LogP) is 1.23. The lowest BCUT2D eigenvalue weighted by atomic mass is 9.98. The molecule has 2 aromatic carbocycles. The van der Waals surface area contributed by atoms with Gasteiger partial charge in [0.15, 0.2) is 6.29 Å². The molecular weight excluding hydrogens is 336 g/mol. The van der Waals surface area contributed by atoms with Crippen LogP contribution in [0.2, 0.25) is 0 Å². The van der Waals surface area contributed by atoms with Crippen LogP contribution >= 0.6 is 0 Å². The Bertz CT molecular complexity index is 650. The molecule has 0 unspecified atom stereocenters. The van der Waals surface area contributed by atoms with Gasteiger partial charge in [0.05, 0.1) is 19.8 Å². The molecule has 1 aliphatic rings. The molecule has 1 saturated heterocycles. The lowest BCUT2D eigenvalue weighted by molar-refractivity contribution is -0.307. The maximum Gasteiger partial charge on any atom is 0.184 e. The molecule has 0 amide bonds. The SMILES string of the molecule is OC[C@H]1O[C@@H](O)[C@@H](OCc2ccccc2)[C@H](OCc2ccccc2)[C@H]1O. The van der Waals surface area contributed by atoms with Gasteiger partial charge in [-0.3, -0.25) is 0 Å². The smallest absolute Gasteiger partial charge is 0.184 e. The Morgan fingerprint density at radius 1 is 0.769 bits per heavy atom. The highest BCUT2D eigenvalue weighted by molar-refractivity contribution is 5.14. The van der Waals surface area contributed by atoms with Gasteiger partial charge in [-0.15, -0.1) is 0 Å². The summed E-state index contributed by atoms with van der Waals surface area (Å²) in [5.41, 5.74) is 1.86. The van der Waals surface area contributed by atoms with E-state index in [4.69, 9.17) is 14.2 Å². The fourth-order valence-corrected chi connectivity index (χ4v) is 2.96. The number of hydrogen-bond donors (Lipinski definition) is 3. The first kappa shape index (κ1) is 19.0. The van der Waals surface area contributed by atoms with Crippen molar-refractivity contribution in [3.05, 3.63) is 71.8 Å². The van der Waals surface area contributed by atoms with Crippen molar-refractivity contribution in [2.45, 2.75) is 43.9 Å². The highest BCUT2D eigenvalue weighted by Crippen LogP contribution is 2.26. The second kappa shape index (κ2) is 9.23. The molecular formula is C20H24O6. The minimum absolute atomic E-state index is 0.244. The summed E-state index contributed by atoms with van der Waals surface area (Å²) in [5.74, 6) is 0. The highest BCUT2D eigenvalue weighted by Gasteiger charge is 2.46. The molecule has 3 rings (SSSR count). The van der Waals surface area contributed by atoms with Crippen LogP contribution in [0, 0.1) is 0 Å². The molecule has 0 bridgehead atoms. The van der Waals surface area contributed by atoms with E-state index in [1.165, 1.54) is 0 Å². The Labute approximate surface area is 152 Å². The average molecular weight is 360 g/mol. The monoisotopic (exact) mass is 360 g/mol. The van der Waals surface area contributed by atoms with Crippen LogP contribution < -0.4 is 0 Å². The summed E-state index contributed by atoms with van der Waals surface area (Å²) < 4.78 is 16.9. The number of aliphatic hydroxyl groups is 3. The van der Waals surface area contributed by atoms with Crippen LogP contribution in [-0.2, 0) is 27.4 Å². The Balaban J connectivity index is 1.69. The molecule has 0 radical (unpaired) electrons. The number of ether oxygens (including phenoxy) is 3. The summed E-state index contributed by atoms with van der Waals surface area (Å²) in [6, 6.07) is 19.0. The van der Waals surface area contributed by atoms with Crippen molar-refractivity contribution >= 4 is 0 Å².